The molecular weight excluding hydrogens is 491 g/mol. The topological polar surface area (TPSA) is 98.8 Å². The molecule has 4 rings (SSSR count). The van der Waals surface area contributed by atoms with E-state index in [1.807, 2.05) is 0 Å². The molecule has 2 amide bonds. The predicted molar refractivity (Wildman–Crippen MR) is 130 cm³/mol. The number of aryl methyl sites for hydroxylation is 1. The number of ether oxygens (including phenoxy) is 3. The second-order valence-corrected chi connectivity index (χ2v) is 8.95. The zero-order valence-corrected chi connectivity index (χ0v) is 20.5. The van der Waals surface area contributed by atoms with Crippen LogP contribution in [0.15, 0.2) is 48.4 Å². The van der Waals surface area contributed by atoms with Crippen molar-refractivity contribution in [1.82, 2.24) is 4.98 Å². The Balaban J connectivity index is 1.46. The number of carbonyl (C=O) groups excluding carboxylic acids is 2. The lowest BCUT2D eigenvalue weighted by atomic mass is 10.0. The van der Waals surface area contributed by atoms with Crippen LogP contribution in [-0.2, 0) is 20.4 Å². The Bertz CT molecular complexity index is 1280. The minimum absolute atomic E-state index is 0.0555. The van der Waals surface area contributed by atoms with Crippen LogP contribution in [0.4, 0.5) is 29.3 Å². The van der Waals surface area contributed by atoms with Crippen LogP contribution in [0.3, 0.4) is 0 Å². The number of rotatable bonds is 7. The minimum atomic E-state index is -4.68. The van der Waals surface area contributed by atoms with E-state index >= 15 is 0 Å². The van der Waals surface area contributed by atoms with E-state index in [2.05, 4.69) is 15.6 Å². The van der Waals surface area contributed by atoms with E-state index in [0.29, 0.717) is 29.1 Å². The molecule has 1 saturated heterocycles. The van der Waals surface area contributed by atoms with Crippen molar-refractivity contribution in [3.05, 3.63) is 65.2 Å². The lowest BCUT2D eigenvalue weighted by molar-refractivity contribution is -0.160. The molecule has 196 valence electrons. The molecule has 11 heteroatoms. The number of pyridine rings is 1. The molecule has 1 fully saturated rings. The van der Waals surface area contributed by atoms with Crippen molar-refractivity contribution in [3.63, 3.8) is 0 Å². The van der Waals surface area contributed by atoms with Gasteiger partial charge in [-0.25, -0.2) is 4.79 Å². The van der Waals surface area contributed by atoms with Crippen molar-refractivity contribution in [2.75, 3.05) is 30.5 Å². The van der Waals surface area contributed by atoms with Crippen LogP contribution < -0.4 is 15.4 Å². The van der Waals surface area contributed by atoms with E-state index < -0.39 is 23.4 Å². The number of amides is 2. The van der Waals surface area contributed by atoms with Gasteiger partial charge in [-0.1, -0.05) is 6.08 Å². The summed E-state index contributed by atoms with van der Waals surface area (Å²) >= 11 is 0. The fourth-order valence-electron chi connectivity index (χ4n) is 3.80. The summed E-state index contributed by atoms with van der Waals surface area (Å²) in [4.78, 5) is 28.8. The minimum Gasteiger partial charge on any atom is -0.490 e. The van der Waals surface area contributed by atoms with Crippen molar-refractivity contribution in [2.45, 2.75) is 39.0 Å². The molecule has 0 spiro atoms. The van der Waals surface area contributed by atoms with Crippen molar-refractivity contribution in [1.29, 1.82) is 0 Å². The number of ketones is 1. The van der Waals surface area contributed by atoms with Gasteiger partial charge in [0.25, 0.3) is 0 Å². The zero-order valence-electron chi connectivity index (χ0n) is 20.5. The standard InChI is InChI=1S/C26H26F3N3O5/c1-4-36-23-10-16(5-7-21(23)33)19-9-15(2)20(12-30-19)32-24(34)31-17-6-8-22(18(11-17)26(27,28)29)37-25(3)13-35-14-25/h5-6,8-12H,4,7,13-14H2,1-3H3,(H2,31,32,34). The predicted octanol–water partition coefficient (Wildman–Crippen LogP) is 5.50. The Morgan fingerprint density at radius 1 is 1.22 bits per heavy atom. The number of alkyl halides is 3. The number of aromatic nitrogens is 1. The summed E-state index contributed by atoms with van der Waals surface area (Å²) in [5.74, 6) is -0.178. The van der Waals surface area contributed by atoms with Gasteiger partial charge in [-0.15, -0.1) is 0 Å². The number of hydrogen-bond acceptors (Lipinski definition) is 6. The largest absolute Gasteiger partial charge is 0.490 e. The maximum absolute atomic E-state index is 13.7. The molecule has 1 aliphatic heterocycles. The number of Topliss-reactive ketones (excluding diaryl/α,β-unsaturated/α-hetero) is 1. The van der Waals surface area contributed by atoms with Crippen LogP contribution in [0.2, 0.25) is 0 Å². The van der Waals surface area contributed by atoms with Gasteiger partial charge in [-0.05, 0) is 56.7 Å². The maximum Gasteiger partial charge on any atom is 0.420 e. The number of anilines is 2. The lowest BCUT2D eigenvalue weighted by Gasteiger charge is -2.38. The van der Waals surface area contributed by atoms with Crippen LogP contribution in [-0.4, -0.2) is 42.2 Å². The smallest absolute Gasteiger partial charge is 0.420 e. The fourth-order valence-corrected chi connectivity index (χ4v) is 3.80. The van der Waals surface area contributed by atoms with E-state index in [1.54, 1.807) is 39.0 Å². The Hall–Kier alpha value is -3.86. The van der Waals surface area contributed by atoms with Crippen molar-refractivity contribution >= 4 is 28.8 Å². The molecule has 0 radical (unpaired) electrons. The van der Waals surface area contributed by atoms with E-state index in [9.17, 15) is 22.8 Å². The van der Waals surface area contributed by atoms with Crippen molar-refractivity contribution < 1.29 is 37.0 Å². The van der Waals surface area contributed by atoms with Gasteiger partial charge in [0.05, 0.1) is 43.0 Å². The third kappa shape index (κ3) is 6.11. The van der Waals surface area contributed by atoms with Gasteiger partial charge in [0, 0.05) is 17.7 Å². The Kier molecular flexibility index (Phi) is 7.26. The average molecular weight is 518 g/mol. The first kappa shape index (κ1) is 26.2. The highest BCUT2D eigenvalue weighted by Crippen LogP contribution is 2.40. The molecule has 0 unspecified atom stereocenters. The second-order valence-electron chi connectivity index (χ2n) is 8.95. The normalized spacial score (nSPS) is 16.8. The Labute approximate surface area is 211 Å². The highest BCUT2D eigenvalue weighted by atomic mass is 19.4. The Morgan fingerprint density at radius 3 is 2.59 bits per heavy atom. The highest BCUT2D eigenvalue weighted by Gasteiger charge is 2.40. The highest BCUT2D eigenvalue weighted by molar-refractivity contribution is 6.01. The van der Waals surface area contributed by atoms with E-state index in [1.165, 1.54) is 18.3 Å². The summed E-state index contributed by atoms with van der Waals surface area (Å²) < 4.78 is 56.9. The van der Waals surface area contributed by atoms with Gasteiger partial charge in [-0.2, -0.15) is 13.2 Å². The number of nitrogens with zero attached hydrogens (tertiary/aromatic N) is 1. The van der Waals surface area contributed by atoms with Crippen LogP contribution in [0.1, 0.15) is 37.1 Å². The third-order valence-electron chi connectivity index (χ3n) is 5.74. The lowest BCUT2D eigenvalue weighted by Crippen LogP contribution is -2.51. The number of nitrogens with one attached hydrogen (secondary N) is 2. The van der Waals surface area contributed by atoms with E-state index in [4.69, 9.17) is 14.2 Å². The van der Waals surface area contributed by atoms with E-state index in [-0.39, 0.29) is 42.6 Å². The van der Waals surface area contributed by atoms with Crippen molar-refractivity contribution in [3.8, 4) is 5.75 Å². The molecule has 8 nitrogen and oxygen atoms in total. The summed E-state index contributed by atoms with van der Waals surface area (Å²) in [6, 6.07) is 4.33. The molecule has 1 aliphatic carbocycles. The SMILES string of the molecule is CCOC1=CC(c2cc(C)c(NC(=O)Nc3ccc(OC4(C)COC4)c(C(F)(F)F)c3)cn2)=CCC1=O. The summed E-state index contributed by atoms with van der Waals surface area (Å²) in [5.41, 5.74) is 0.457. The van der Waals surface area contributed by atoms with Gasteiger partial charge in [0.1, 0.15) is 5.75 Å². The first-order valence-corrected chi connectivity index (χ1v) is 11.6. The van der Waals surface area contributed by atoms with Crippen LogP contribution in [0.25, 0.3) is 5.57 Å². The Morgan fingerprint density at radius 2 is 1.97 bits per heavy atom. The van der Waals surface area contributed by atoms with Gasteiger partial charge >= 0.3 is 12.2 Å². The second kappa shape index (κ2) is 10.3. The van der Waals surface area contributed by atoms with Crippen LogP contribution >= 0.6 is 0 Å². The molecule has 0 atom stereocenters. The van der Waals surface area contributed by atoms with Gasteiger partial charge in [0.2, 0.25) is 5.78 Å². The number of hydrogen-bond donors (Lipinski definition) is 2. The van der Waals surface area contributed by atoms with Crippen LogP contribution in [0, 0.1) is 6.92 Å². The first-order chi connectivity index (χ1) is 17.5. The molecular formula is C26H26F3N3O5. The molecule has 2 heterocycles. The monoisotopic (exact) mass is 517 g/mol. The maximum atomic E-state index is 13.7. The number of benzene rings is 1. The molecule has 2 aromatic rings. The average Bonchev–Trinajstić information content (AvgIpc) is 2.81. The van der Waals surface area contributed by atoms with Gasteiger partial charge in [-0.3, -0.25) is 9.78 Å². The summed E-state index contributed by atoms with van der Waals surface area (Å²) in [7, 11) is 0. The fraction of sp³-hybridized carbons (Fsp3) is 0.346. The molecule has 0 bridgehead atoms. The summed E-state index contributed by atoms with van der Waals surface area (Å²) in [6.07, 6.45) is 0.323. The number of allylic oxidation sites excluding steroid dienone is 4. The molecule has 37 heavy (non-hydrogen) atoms. The molecule has 2 aliphatic rings. The van der Waals surface area contributed by atoms with E-state index in [0.717, 1.165) is 6.07 Å². The quantitative estimate of drug-likeness (QED) is 0.504. The number of halogens is 3. The number of urea groups is 1. The third-order valence-corrected chi connectivity index (χ3v) is 5.74. The molecule has 2 N–H and O–H groups in total. The summed E-state index contributed by atoms with van der Waals surface area (Å²) in [6.45, 7) is 5.95. The van der Waals surface area contributed by atoms with Gasteiger partial charge in [0.15, 0.2) is 11.4 Å². The number of carbonyl (C=O) groups is 2. The zero-order chi connectivity index (χ0) is 26.8. The first-order valence-electron chi connectivity index (χ1n) is 11.6. The summed E-state index contributed by atoms with van der Waals surface area (Å²) in [5, 5.41) is 5.02. The molecule has 1 aromatic heterocycles. The van der Waals surface area contributed by atoms with Gasteiger partial charge < -0.3 is 24.8 Å². The molecule has 1 aromatic carbocycles. The van der Waals surface area contributed by atoms with Crippen molar-refractivity contribution in [2.24, 2.45) is 0 Å². The van der Waals surface area contributed by atoms with Crippen LogP contribution in [0.5, 0.6) is 5.75 Å². The molecule has 0 saturated carbocycles.